The van der Waals surface area contributed by atoms with Gasteiger partial charge in [0.2, 0.25) is 0 Å². The fourth-order valence-corrected chi connectivity index (χ4v) is 1.54. The summed E-state index contributed by atoms with van der Waals surface area (Å²) in [5.74, 6) is 0. The lowest BCUT2D eigenvalue weighted by Crippen LogP contribution is -2.12. The van der Waals surface area contributed by atoms with E-state index >= 15 is 0 Å². The number of aromatic nitrogens is 3. The minimum atomic E-state index is -4.39. The van der Waals surface area contributed by atoms with Crippen LogP contribution < -0.4 is 0 Å². The van der Waals surface area contributed by atoms with Gasteiger partial charge in [-0.15, -0.1) is 5.10 Å². The Bertz CT molecular complexity index is 331. The molecule has 0 saturated heterocycles. The number of aryl methyl sites for hydroxylation is 1. The molecule has 0 N–H and O–H groups in total. The van der Waals surface area contributed by atoms with E-state index in [0.29, 0.717) is 13.0 Å². The van der Waals surface area contributed by atoms with E-state index in [-0.39, 0.29) is 5.69 Å². The van der Waals surface area contributed by atoms with Gasteiger partial charge in [0.1, 0.15) is 0 Å². The first-order valence-corrected chi connectivity index (χ1v) is 5.50. The lowest BCUT2D eigenvalue weighted by Gasteiger charge is -2.08. The summed E-state index contributed by atoms with van der Waals surface area (Å²) in [4.78, 5) is 0. The van der Waals surface area contributed by atoms with Gasteiger partial charge >= 0.3 is 6.18 Å². The van der Waals surface area contributed by atoms with Gasteiger partial charge in [-0.3, -0.25) is 0 Å². The minimum Gasteiger partial charge on any atom is -0.249 e. The van der Waals surface area contributed by atoms with Crippen LogP contribution in [-0.2, 0) is 19.1 Å². The molecule has 0 fully saturated rings. The molecule has 0 spiro atoms. The molecule has 3 nitrogen and oxygen atoms in total. The monoisotopic (exact) mass is 235 g/mol. The zero-order chi connectivity index (χ0) is 12.2. The fraction of sp³-hybridized carbons (Fsp3) is 0.800. The zero-order valence-corrected chi connectivity index (χ0v) is 9.51. The number of rotatable bonds is 5. The maximum atomic E-state index is 12.6. The largest absolute Gasteiger partial charge is 0.437 e. The lowest BCUT2D eigenvalue weighted by molar-refractivity contribution is -0.141. The summed E-state index contributed by atoms with van der Waals surface area (Å²) < 4.78 is 39.2. The molecule has 1 aromatic rings. The number of halogens is 3. The highest BCUT2D eigenvalue weighted by Crippen LogP contribution is 2.30. The third-order valence-corrected chi connectivity index (χ3v) is 2.31. The minimum absolute atomic E-state index is 0.219. The van der Waals surface area contributed by atoms with Gasteiger partial charge in [-0.2, -0.15) is 13.2 Å². The van der Waals surface area contributed by atoms with Crippen LogP contribution in [0.5, 0.6) is 0 Å². The van der Waals surface area contributed by atoms with Crippen LogP contribution in [0, 0.1) is 0 Å². The second-order valence-corrected chi connectivity index (χ2v) is 3.71. The molecular weight excluding hydrogens is 219 g/mol. The van der Waals surface area contributed by atoms with Crippen molar-refractivity contribution in [3.63, 3.8) is 0 Å². The van der Waals surface area contributed by atoms with Crippen molar-refractivity contribution < 1.29 is 13.2 Å². The highest BCUT2D eigenvalue weighted by molar-refractivity contribution is 5.14. The van der Waals surface area contributed by atoms with Gasteiger partial charge in [0.05, 0.1) is 5.69 Å². The summed E-state index contributed by atoms with van der Waals surface area (Å²) in [6.07, 6.45) is -1.68. The number of hydrogen-bond donors (Lipinski definition) is 0. The van der Waals surface area contributed by atoms with Crippen molar-refractivity contribution in [2.45, 2.75) is 52.3 Å². The first-order valence-electron chi connectivity index (χ1n) is 5.50. The van der Waals surface area contributed by atoms with Crippen LogP contribution in [0.3, 0.4) is 0 Å². The summed E-state index contributed by atoms with van der Waals surface area (Å²) in [6, 6.07) is 0. The highest BCUT2D eigenvalue weighted by Gasteiger charge is 2.38. The first kappa shape index (κ1) is 13.0. The molecule has 0 amide bonds. The van der Waals surface area contributed by atoms with Gasteiger partial charge in [-0.05, 0) is 19.3 Å². The van der Waals surface area contributed by atoms with Crippen LogP contribution in [0.1, 0.15) is 44.5 Å². The Kier molecular flexibility index (Phi) is 4.32. The molecule has 0 bridgehead atoms. The number of unbranched alkanes of at least 4 members (excludes halogenated alkanes) is 1. The smallest absolute Gasteiger partial charge is 0.249 e. The van der Waals surface area contributed by atoms with Crippen molar-refractivity contribution in [1.82, 2.24) is 15.0 Å². The summed E-state index contributed by atoms with van der Waals surface area (Å²) in [5, 5.41) is 6.82. The van der Waals surface area contributed by atoms with Crippen molar-refractivity contribution in [3.8, 4) is 0 Å². The van der Waals surface area contributed by atoms with Gasteiger partial charge in [0.25, 0.3) is 0 Å². The Morgan fingerprint density at radius 2 is 1.88 bits per heavy atom. The Hall–Kier alpha value is -1.07. The second-order valence-electron chi connectivity index (χ2n) is 3.71. The zero-order valence-electron chi connectivity index (χ0n) is 9.51. The Labute approximate surface area is 92.6 Å². The van der Waals surface area contributed by atoms with E-state index in [4.69, 9.17) is 0 Å². The van der Waals surface area contributed by atoms with Crippen molar-refractivity contribution in [2.75, 3.05) is 0 Å². The van der Waals surface area contributed by atoms with Gasteiger partial charge in [0, 0.05) is 6.54 Å². The van der Waals surface area contributed by atoms with Crippen LogP contribution in [0.25, 0.3) is 0 Å². The summed E-state index contributed by atoms with van der Waals surface area (Å²) in [6.45, 7) is 4.34. The van der Waals surface area contributed by atoms with E-state index in [0.717, 1.165) is 19.3 Å². The molecule has 0 radical (unpaired) electrons. The maximum absolute atomic E-state index is 12.6. The molecule has 1 aromatic heterocycles. The average molecular weight is 235 g/mol. The predicted molar refractivity (Wildman–Crippen MR) is 53.9 cm³/mol. The topological polar surface area (TPSA) is 30.7 Å². The van der Waals surface area contributed by atoms with E-state index in [1.165, 1.54) is 4.68 Å². The molecule has 0 atom stereocenters. The Morgan fingerprint density at radius 1 is 1.19 bits per heavy atom. The van der Waals surface area contributed by atoms with Crippen molar-refractivity contribution in [3.05, 3.63) is 11.4 Å². The standard InChI is InChI=1S/C10H16F3N3/c1-3-5-6-8-9(10(11,12)13)14-15-16(8)7-4-2/h3-7H2,1-2H3. The van der Waals surface area contributed by atoms with E-state index in [9.17, 15) is 13.2 Å². The van der Waals surface area contributed by atoms with Crippen LogP contribution in [0.2, 0.25) is 0 Å². The molecule has 1 heterocycles. The summed E-state index contributed by atoms with van der Waals surface area (Å²) >= 11 is 0. The third-order valence-electron chi connectivity index (χ3n) is 2.31. The number of nitrogens with zero attached hydrogens (tertiary/aromatic N) is 3. The Balaban J connectivity index is 2.99. The van der Waals surface area contributed by atoms with Gasteiger partial charge in [0.15, 0.2) is 5.69 Å². The van der Waals surface area contributed by atoms with Gasteiger partial charge in [-0.1, -0.05) is 25.5 Å². The fourth-order valence-electron chi connectivity index (χ4n) is 1.54. The molecule has 16 heavy (non-hydrogen) atoms. The molecule has 0 aliphatic rings. The molecule has 0 unspecified atom stereocenters. The van der Waals surface area contributed by atoms with E-state index in [2.05, 4.69) is 10.3 Å². The van der Waals surface area contributed by atoms with Crippen molar-refractivity contribution >= 4 is 0 Å². The van der Waals surface area contributed by atoms with Crippen molar-refractivity contribution in [2.24, 2.45) is 0 Å². The molecule has 1 rings (SSSR count). The van der Waals surface area contributed by atoms with E-state index < -0.39 is 11.9 Å². The van der Waals surface area contributed by atoms with Crippen LogP contribution in [0.15, 0.2) is 0 Å². The van der Waals surface area contributed by atoms with E-state index in [1.54, 1.807) is 0 Å². The molecule has 0 aromatic carbocycles. The lowest BCUT2D eigenvalue weighted by atomic mass is 10.1. The van der Waals surface area contributed by atoms with Gasteiger partial charge < -0.3 is 0 Å². The normalized spacial score (nSPS) is 12.1. The maximum Gasteiger partial charge on any atom is 0.437 e. The van der Waals surface area contributed by atoms with Crippen molar-refractivity contribution in [1.29, 1.82) is 0 Å². The van der Waals surface area contributed by atoms with E-state index in [1.807, 2.05) is 13.8 Å². The second kappa shape index (κ2) is 5.32. The molecular formula is C10H16F3N3. The first-order chi connectivity index (χ1) is 7.50. The summed E-state index contributed by atoms with van der Waals surface area (Å²) in [7, 11) is 0. The molecule has 0 aliphatic heterocycles. The molecule has 6 heteroatoms. The van der Waals surface area contributed by atoms with Crippen LogP contribution >= 0.6 is 0 Å². The van der Waals surface area contributed by atoms with Crippen LogP contribution in [-0.4, -0.2) is 15.0 Å². The number of alkyl halides is 3. The summed E-state index contributed by atoms with van der Waals surface area (Å²) in [5.41, 5.74) is -0.606. The van der Waals surface area contributed by atoms with Crippen LogP contribution in [0.4, 0.5) is 13.2 Å². The molecule has 0 saturated carbocycles. The molecule has 0 aliphatic carbocycles. The highest BCUT2D eigenvalue weighted by atomic mass is 19.4. The predicted octanol–water partition coefficient (Wildman–Crippen LogP) is 3.05. The average Bonchev–Trinajstić information content (AvgIpc) is 2.58. The molecule has 92 valence electrons. The number of hydrogen-bond acceptors (Lipinski definition) is 2. The third kappa shape index (κ3) is 2.96. The quantitative estimate of drug-likeness (QED) is 0.785. The Morgan fingerprint density at radius 3 is 2.38 bits per heavy atom. The van der Waals surface area contributed by atoms with Gasteiger partial charge in [-0.25, -0.2) is 4.68 Å². The SMILES string of the molecule is CCCCc1c(C(F)(F)F)nnn1CCC.